The Morgan fingerprint density at radius 2 is 1.61 bits per heavy atom. The van der Waals surface area contributed by atoms with Crippen molar-refractivity contribution in [3.05, 3.63) is 64.7 Å². The Balaban J connectivity index is 1.57. The lowest BCUT2D eigenvalue weighted by Crippen LogP contribution is -2.39. The number of anilines is 1. The molecule has 0 spiro atoms. The summed E-state index contributed by atoms with van der Waals surface area (Å²) in [4.78, 5) is 28.8. The van der Waals surface area contributed by atoms with Gasteiger partial charge in [-0.2, -0.15) is 0 Å². The molecule has 0 atom stereocenters. The van der Waals surface area contributed by atoms with Gasteiger partial charge in [0, 0.05) is 49.6 Å². The molecule has 0 aliphatic carbocycles. The number of carbonyl (C=O) groups excluding carboxylic acids is 2. The third kappa shape index (κ3) is 5.24. The zero-order valence-electron chi connectivity index (χ0n) is 15.9. The van der Waals surface area contributed by atoms with Crippen molar-refractivity contribution in [3.8, 4) is 0 Å². The highest BCUT2D eigenvalue weighted by Gasteiger charge is 2.23. The van der Waals surface area contributed by atoms with Crippen LogP contribution in [0.2, 0.25) is 5.02 Å². The summed E-state index contributed by atoms with van der Waals surface area (Å²) in [6.45, 7) is 2.76. The molecule has 1 saturated heterocycles. The number of nitrogens with zero attached hydrogens (tertiary/aromatic N) is 2. The van der Waals surface area contributed by atoms with Crippen LogP contribution in [0.15, 0.2) is 48.5 Å². The summed E-state index contributed by atoms with van der Waals surface area (Å²) < 4.78 is 5.10. The largest absolute Gasteiger partial charge is 0.380 e. The van der Waals surface area contributed by atoms with Gasteiger partial charge in [0.1, 0.15) is 0 Å². The lowest BCUT2D eigenvalue weighted by atomic mass is 10.1. The normalized spacial score (nSPS) is 14.5. The third-order valence-electron chi connectivity index (χ3n) is 4.68. The highest BCUT2D eigenvalue weighted by molar-refractivity contribution is 6.30. The van der Waals surface area contributed by atoms with Crippen LogP contribution >= 0.6 is 11.6 Å². The maximum atomic E-state index is 12.8. The fraction of sp³-hybridized carbons (Fsp3) is 0.333. The first-order valence-corrected chi connectivity index (χ1v) is 9.63. The van der Waals surface area contributed by atoms with E-state index in [2.05, 4.69) is 5.32 Å². The van der Waals surface area contributed by atoms with Crippen LogP contribution in [0.1, 0.15) is 22.3 Å². The molecule has 7 heteroatoms. The summed E-state index contributed by atoms with van der Waals surface area (Å²) in [6.07, 6.45) is 0.738. The summed E-state index contributed by atoms with van der Waals surface area (Å²) in [5.74, 6) is -0.0103. The predicted octanol–water partition coefficient (Wildman–Crippen LogP) is 3.87. The fourth-order valence-electron chi connectivity index (χ4n) is 3.15. The number of hydrogen-bond donors (Lipinski definition) is 1. The van der Waals surface area contributed by atoms with E-state index in [0.29, 0.717) is 49.1 Å². The number of urea groups is 1. The van der Waals surface area contributed by atoms with Crippen LogP contribution in [0.3, 0.4) is 0 Å². The number of nitrogens with one attached hydrogen (secondary N) is 1. The minimum absolute atomic E-state index is 0.0103. The average molecular weight is 402 g/mol. The second kappa shape index (κ2) is 9.57. The van der Waals surface area contributed by atoms with Gasteiger partial charge in [0.25, 0.3) is 5.91 Å². The molecule has 6 nitrogen and oxygen atoms in total. The Morgan fingerprint density at radius 1 is 0.964 bits per heavy atom. The zero-order valence-corrected chi connectivity index (χ0v) is 16.6. The Kier molecular flexibility index (Phi) is 6.90. The van der Waals surface area contributed by atoms with Crippen LogP contribution in [-0.4, -0.2) is 55.0 Å². The molecule has 1 aliphatic heterocycles. The second-order valence-corrected chi connectivity index (χ2v) is 7.14. The SMILES string of the molecule is COCc1ccc(C(=O)N2CCCN(C(=O)Nc3ccc(Cl)cc3)CC2)cc1. The van der Waals surface area contributed by atoms with Gasteiger partial charge >= 0.3 is 6.03 Å². The van der Waals surface area contributed by atoms with Crippen molar-refractivity contribution < 1.29 is 14.3 Å². The standard InChI is InChI=1S/C21H24ClN3O3/c1-28-15-16-3-5-17(6-4-16)20(26)24-11-2-12-25(14-13-24)21(27)23-19-9-7-18(22)8-10-19/h3-10H,2,11-15H2,1H3,(H,23,27). The smallest absolute Gasteiger partial charge is 0.321 e. The van der Waals surface area contributed by atoms with Crippen molar-refractivity contribution in [2.24, 2.45) is 0 Å². The molecule has 28 heavy (non-hydrogen) atoms. The topological polar surface area (TPSA) is 61.9 Å². The summed E-state index contributed by atoms with van der Waals surface area (Å²) in [6, 6.07) is 14.3. The molecule has 148 valence electrons. The van der Waals surface area contributed by atoms with Gasteiger partial charge in [0.05, 0.1) is 6.61 Å². The van der Waals surface area contributed by atoms with E-state index < -0.39 is 0 Å². The first kappa shape index (κ1) is 20.2. The Bertz CT molecular complexity index is 809. The molecular weight excluding hydrogens is 378 g/mol. The molecule has 1 aliphatic rings. The van der Waals surface area contributed by atoms with E-state index in [1.807, 2.05) is 24.3 Å². The molecule has 0 aromatic heterocycles. The van der Waals surface area contributed by atoms with Crippen LogP contribution in [-0.2, 0) is 11.3 Å². The number of benzene rings is 2. The van der Waals surface area contributed by atoms with Gasteiger partial charge in [-0.3, -0.25) is 4.79 Å². The van der Waals surface area contributed by atoms with Gasteiger partial charge in [-0.25, -0.2) is 4.79 Å². The number of carbonyl (C=O) groups is 2. The summed E-state index contributed by atoms with van der Waals surface area (Å²) >= 11 is 5.87. The second-order valence-electron chi connectivity index (χ2n) is 6.70. The van der Waals surface area contributed by atoms with Crippen molar-refractivity contribution in [1.82, 2.24) is 9.80 Å². The monoisotopic (exact) mass is 401 g/mol. The number of hydrogen-bond acceptors (Lipinski definition) is 3. The summed E-state index contributed by atoms with van der Waals surface area (Å²) in [5.41, 5.74) is 2.38. The average Bonchev–Trinajstić information content (AvgIpc) is 2.96. The summed E-state index contributed by atoms with van der Waals surface area (Å²) in [5, 5.41) is 3.50. The highest BCUT2D eigenvalue weighted by Crippen LogP contribution is 2.15. The van der Waals surface area contributed by atoms with Gasteiger partial charge in [-0.15, -0.1) is 0 Å². The maximum Gasteiger partial charge on any atom is 0.321 e. The van der Waals surface area contributed by atoms with E-state index in [0.717, 1.165) is 12.0 Å². The van der Waals surface area contributed by atoms with E-state index in [1.54, 1.807) is 41.2 Å². The Labute approximate surface area is 170 Å². The summed E-state index contributed by atoms with van der Waals surface area (Å²) in [7, 11) is 1.64. The van der Waals surface area contributed by atoms with Gasteiger partial charge in [-0.05, 0) is 48.4 Å². The molecule has 2 aromatic carbocycles. The molecule has 3 amide bonds. The van der Waals surface area contributed by atoms with Gasteiger partial charge in [0.15, 0.2) is 0 Å². The molecule has 3 rings (SSSR count). The van der Waals surface area contributed by atoms with Crippen molar-refractivity contribution in [2.45, 2.75) is 13.0 Å². The third-order valence-corrected chi connectivity index (χ3v) is 4.93. The van der Waals surface area contributed by atoms with Crippen molar-refractivity contribution in [3.63, 3.8) is 0 Å². The molecule has 0 unspecified atom stereocenters. The molecule has 0 radical (unpaired) electrons. The number of ether oxygens (including phenoxy) is 1. The minimum Gasteiger partial charge on any atom is -0.380 e. The fourth-order valence-corrected chi connectivity index (χ4v) is 3.28. The molecule has 1 N–H and O–H groups in total. The lowest BCUT2D eigenvalue weighted by molar-refractivity contribution is 0.0762. The van der Waals surface area contributed by atoms with Crippen LogP contribution in [0, 0.1) is 0 Å². The van der Waals surface area contributed by atoms with Gasteiger partial charge in [-0.1, -0.05) is 23.7 Å². The first-order chi connectivity index (χ1) is 13.6. The van der Waals surface area contributed by atoms with E-state index in [9.17, 15) is 9.59 Å². The molecule has 1 fully saturated rings. The predicted molar refractivity (Wildman–Crippen MR) is 110 cm³/mol. The Hall–Kier alpha value is -2.57. The maximum absolute atomic E-state index is 12.8. The van der Waals surface area contributed by atoms with Crippen molar-refractivity contribution in [1.29, 1.82) is 0 Å². The first-order valence-electron chi connectivity index (χ1n) is 9.25. The number of amides is 3. The number of methoxy groups -OCH3 is 1. The molecule has 2 aromatic rings. The van der Waals surface area contributed by atoms with Gasteiger partial charge < -0.3 is 19.9 Å². The minimum atomic E-state index is -0.166. The number of halogens is 1. The highest BCUT2D eigenvalue weighted by atomic mass is 35.5. The molecule has 0 saturated carbocycles. The van der Waals surface area contributed by atoms with Crippen LogP contribution in [0.25, 0.3) is 0 Å². The van der Waals surface area contributed by atoms with Crippen LogP contribution in [0.4, 0.5) is 10.5 Å². The van der Waals surface area contributed by atoms with E-state index in [4.69, 9.17) is 16.3 Å². The van der Waals surface area contributed by atoms with E-state index in [1.165, 1.54) is 0 Å². The lowest BCUT2D eigenvalue weighted by Gasteiger charge is -2.22. The van der Waals surface area contributed by atoms with Crippen LogP contribution in [0.5, 0.6) is 0 Å². The van der Waals surface area contributed by atoms with E-state index >= 15 is 0 Å². The number of rotatable bonds is 4. The Morgan fingerprint density at radius 3 is 2.29 bits per heavy atom. The quantitative estimate of drug-likeness (QED) is 0.846. The molecule has 1 heterocycles. The van der Waals surface area contributed by atoms with Crippen molar-refractivity contribution in [2.75, 3.05) is 38.6 Å². The van der Waals surface area contributed by atoms with Crippen molar-refractivity contribution >= 4 is 29.2 Å². The molecular formula is C21H24ClN3O3. The van der Waals surface area contributed by atoms with Gasteiger partial charge in [0.2, 0.25) is 0 Å². The zero-order chi connectivity index (χ0) is 19.9. The molecule has 0 bridgehead atoms. The van der Waals surface area contributed by atoms with Crippen LogP contribution < -0.4 is 5.32 Å². The van der Waals surface area contributed by atoms with E-state index in [-0.39, 0.29) is 11.9 Å².